The SMILES string of the molecule is CC1CCCC(N(CCO)C2CCCC2)C1. The Morgan fingerprint density at radius 2 is 1.69 bits per heavy atom. The van der Waals surface area contributed by atoms with E-state index in [1.165, 1.54) is 51.4 Å². The van der Waals surface area contributed by atoms with Crippen LogP contribution in [0.3, 0.4) is 0 Å². The van der Waals surface area contributed by atoms with E-state index in [2.05, 4.69) is 11.8 Å². The van der Waals surface area contributed by atoms with Gasteiger partial charge in [0.1, 0.15) is 0 Å². The molecule has 2 saturated carbocycles. The zero-order valence-electron chi connectivity index (χ0n) is 10.7. The molecule has 0 spiro atoms. The highest BCUT2D eigenvalue weighted by atomic mass is 16.3. The van der Waals surface area contributed by atoms with Gasteiger partial charge in [0, 0.05) is 18.6 Å². The van der Waals surface area contributed by atoms with E-state index in [0.717, 1.165) is 24.5 Å². The molecule has 0 aromatic carbocycles. The summed E-state index contributed by atoms with van der Waals surface area (Å²) >= 11 is 0. The third kappa shape index (κ3) is 2.98. The van der Waals surface area contributed by atoms with E-state index < -0.39 is 0 Å². The molecular formula is C14H27NO. The molecule has 94 valence electrons. The summed E-state index contributed by atoms with van der Waals surface area (Å²) in [6.07, 6.45) is 11.0. The molecule has 0 saturated heterocycles. The van der Waals surface area contributed by atoms with Crippen LogP contribution in [-0.2, 0) is 0 Å². The van der Waals surface area contributed by atoms with Crippen molar-refractivity contribution in [3.8, 4) is 0 Å². The topological polar surface area (TPSA) is 23.5 Å². The molecule has 1 N–H and O–H groups in total. The minimum Gasteiger partial charge on any atom is -0.395 e. The Balaban J connectivity index is 1.93. The van der Waals surface area contributed by atoms with Gasteiger partial charge in [-0.15, -0.1) is 0 Å². The highest BCUT2D eigenvalue weighted by Crippen LogP contribution is 2.32. The third-order valence-electron chi connectivity index (χ3n) is 4.53. The number of nitrogens with zero attached hydrogens (tertiary/aromatic N) is 1. The number of hydrogen-bond donors (Lipinski definition) is 1. The van der Waals surface area contributed by atoms with Gasteiger partial charge in [-0.25, -0.2) is 0 Å². The normalized spacial score (nSPS) is 32.4. The lowest BCUT2D eigenvalue weighted by Gasteiger charge is -2.40. The molecule has 0 amide bonds. The van der Waals surface area contributed by atoms with Crippen LogP contribution in [0.2, 0.25) is 0 Å². The first-order chi connectivity index (χ1) is 7.81. The summed E-state index contributed by atoms with van der Waals surface area (Å²) in [4.78, 5) is 2.64. The fourth-order valence-corrected chi connectivity index (χ4v) is 3.72. The van der Waals surface area contributed by atoms with Crippen molar-refractivity contribution in [3.63, 3.8) is 0 Å². The van der Waals surface area contributed by atoms with Crippen molar-refractivity contribution >= 4 is 0 Å². The molecule has 0 heterocycles. The Morgan fingerprint density at radius 3 is 2.31 bits per heavy atom. The number of rotatable bonds is 4. The maximum absolute atomic E-state index is 9.25. The fraction of sp³-hybridized carbons (Fsp3) is 1.00. The second-order valence-corrected chi connectivity index (χ2v) is 5.83. The Bertz CT molecular complexity index is 201. The molecular weight excluding hydrogens is 198 g/mol. The lowest BCUT2D eigenvalue weighted by atomic mass is 9.85. The van der Waals surface area contributed by atoms with Crippen molar-refractivity contribution in [3.05, 3.63) is 0 Å². The lowest BCUT2D eigenvalue weighted by molar-refractivity contribution is 0.0705. The largest absolute Gasteiger partial charge is 0.395 e. The van der Waals surface area contributed by atoms with E-state index in [1.54, 1.807) is 0 Å². The number of hydrogen-bond acceptors (Lipinski definition) is 2. The number of aliphatic hydroxyl groups is 1. The average molecular weight is 225 g/mol. The molecule has 2 aliphatic rings. The third-order valence-corrected chi connectivity index (χ3v) is 4.53. The van der Waals surface area contributed by atoms with Gasteiger partial charge < -0.3 is 5.11 Å². The van der Waals surface area contributed by atoms with Gasteiger partial charge >= 0.3 is 0 Å². The van der Waals surface area contributed by atoms with Crippen LogP contribution in [0, 0.1) is 5.92 Å². The van der Waals surface area contributed by atoms with E-state index >= 15 is 0 Å². The predicted octanol–water partition coefficient (Wildman–Crippen LogP) is 2.80. The molecule has 2 aliphatic carbocycles. The highest BCUT2D eigenvalue weighted by molar-refractivity contribution is 4.85. The van der Waals surface area contributed by atoms with E-state index in [1.807, 2.05) is 0 Å². The first-order valence-electron chi connectivity index (χ1n) is 7.18. The Hall–Kier alpha value is -0.0800. The molecule has 2 heteroatoms. The maximum Gasteiger partial charge on any atom is 0.0558 e. The van der Waals surface area contributed by atoms with Gasteiger partial charge in [-0.1, -0.05) is 32.6 Å². The summed E-state index contributed by atoms with van der Waals surface area (Å²) in [6.45, 7) is 3.63. The first kappa shape index (κ1) is 12.4. The van der Waals surface area contributed by atoms with Crippen molar-refractivity contribution in [1.82, 2.24) is 4.90 Å². The van der Waals surface area contributed by atoms with Crippen molar-refractivity contribution in [2.24, 2.45) is 5.92 Å². The monoisotopic (exact) mass is 225 g/mol. The van der Waals surface area contributed by atoms with Crippen LogP contribution in [0.1, 0.15) is 58.3 Å². The zero-order chi connectivity index (χ0) is 11.4. The summed E-state index contributed by atoms with van der Waals surface area (Å²) in [6, 6.07) is 1.54. The molecule has 16 heavy (non-hydrogen) atoms. The van der Waals surface area contributed by atoms with Crippen molar-refractivity contribution in [2.75, 3.05) is 13.2 Å². The zero-order valence-corrected chi connectivity index (χ0v) is 10.7. The summed E-state index contributed by atoms with van der Waals surface area (Å²) in [5.74, 6) is 0.890. The standard InChI is InChI=1S/C14H27NO/c1-12-5-4-8-14(11-12)15(9-10-16)13-6-2-3-7-13/h12-14,16H,2-11H2,1H3. The van der Waals surface area contributed by atoms with Gasteiger partial charge in [0.05, 0.1) is 6.61 Å². The van der Waals surface area contributed by atoms with Crippen LogP contribution in [-0.4, -0.2) is 35.2 Å². The molecule has 2 rings (SSSR count). The second kappa shape index (κ2) is 6.02. The van der Waals surface area contributed by atoms with Gasteiger partial charge in [0.15, 0.2) is 0 Å². The second-order valence-electron chi connectivity index (χ2n) is 5.83. The smallest absolute Gasteiger partial charge is 0.0558 e. The quantitative estimate of drug-likeness (QED) is 0.795. The molecule has 0 aliphatic heterocycles. The van der Waals surface area contributed by atoms with Gasteiger partial charge in [-0.2, -0.15) is 0 Å². The Kier molecular flexibility index (Phi) is 4.66. The molecule has 2 atom stereocenters. The van der Waals surface area contributed by atoms with E-state index in [-0.39, 0.29) is 0 Å². The van der Waals surface area contributed by atoms with Crippen LogP contribution in [0.25, 0.3) is 0 Å². The van der Waals surface area contributed by atoms with E-state index in [9.17, 15) is 5.11 Å². The van der Waals surface area contributed by atoms with Gasteiger partial charge in [-0.05, 0) is 31.6 Å². The van der Waals surface area contributed by atoms with Crippen LogP contribution in [0.4, 0.5) is 0 Å². The lowest BCUT2D eigenvalue weighted by Crippen LogP contribution is -2.45. The number of aliphatic hydroxyl groups excluding tert-OH is 1. The molecule has 2 unspecified atom stereocenters. The van der Waals surface area contributed by atoms with Crippen LogP contribution < -0.4 is 0 Å². The summed E-state index contributed by atoms with van der Waals surface area (Å²) in [5.41, 5.74) is 0. The van der Waals surface area contributed by atoms with E-state index in [0.29, 0.717) is 6.61 Å². The molecule has 0 aromatic heterocycles. The summed E-state index contributed by atoms with van der Waals surface area (Å²) in [7, 11) is 0. The minimum absolute atomic E-state index is 0.335. The molecule has 2 fully saturated rings. The minimum atomic E-state index is 0.335. The van der Waals surface area contributed by atoms with Gasteiger partial charge in [0.2, 0.25) is 0 Å². The fourth-order valence-electron chi connectivity index (χ4n) is 3.72. The van der Waals surface area contributed by atoms with Crippen molar-refractivity contribution in [2.45, 2.75) is 70.4 Å². The Morgan fingerprint density at radius 1 is 1.00 bits per heavy atom. The van der Waals surface area contributed by atoms with Crippen LogP contribution in [0.15, 0.2) is 0 Å². The molecule has 0 radical (unpaired) electrons. The summed E-state index contributed by atoms with van der Waals surface area (Å²) < 4.78 is 0. The first-order valence-corrected chi connectivity index (χ1v) is 7.18. The van der Waals surface area contributed by atoms with Gasteiger partial charge in [0.25, 0.3) is 0 Å². The van der Waals surface area contributed by atoms with Crippen LogP contribution >= 0.6 is 0 Å². The molecule has 2 nitrogen and oxygen atoms in total. The summed E-state index contributed by atoms with van der Waals surface area (Å²) in [5, 5.41) is 9.25. The highest BCUT2D eigenvalue weighted by Gasteiger charge is 2.30. The average Bonchev–Trinajstić information content (AvgIpc) is 2.79. The van der Waals surface area contributed by atoms with E-state index in [4.69, 9.17) is 0 Å². The van der Waals surface area contributed by atoms with Crippen molar-refractivity contribution < 1.29 is 5.11 Å². The van der Waals surface area contributed by atoms with Gasteiger partial charge in [-0.3, -0.25) is 4.90 Å². The Labute approximate surface area is 100 Å². The van der Waals surface area contributed by atoms with Crippen LogP contribution in [0.5, 0.6) is 0 Å². The molecule has 0 aromatic rings. The maximum atomic E-state index is 9.25. The molecule has 0 bridgehead atoms. The van der Waals surface area contributed by atoms with Crippen molar-refractivity contribution in [1.29, 1.82) is 0 Å². The predicted molar refractivity (Wildman–Crippen MR) is 67.5 cm³/mol.